The fourth-order valence-corrected chi connectivity index (χ4v) is 1.73. The normalized spacial score (nSPS) is 10.2. The van der Waals surface area contributed by atoms with E-state index in [1.165, 1.54) is 18.2 Å². The summed E-state index contributed by atoms with van der Waals surface area (Å²) in [5, 5.41) is 0.201. The van der Waals surface area contributed by atoms with Gasteiger partial charge in [-0.25, -0.2) is 4.39 Å². The number of hydrogen-bond donors (Lipinski definition) is 0. The number of benzene rings is 2. The molecular weight excluding hydrogens is 255 g/mol. The lowest BCUT2D eigenvalue weighted by Gasteiger charge is -2.09. The van der Waals surface area contributed by atoms with Crippen LogP contribution in [0.25, 0.3) is 0 Å². The Morgan fingerprint density at radius 1 is 1.22 bits per heavy atom. The third kappa shape index (κ3) is 2.68. The van der Waals surface area contributed by atoms with Crippen molar-refractivity contribution in [1.29, 1.82) is 0 Å². The molecule has 2 aromatic carbocycles. The van der Waals surface area contributed by atoms with Crippen molar-refractivity contribution in [2.45, 2.75) is 6.92 Å². The molecule has 2 nitrogen and oxygen atoms in total. The van der Waals surface area contributed by atoms with Crippen LogP contribution in [0, 0.1) is 12.7 Å². The minimum Gasteiger partial charge on any atom is -0.456 e. The first-order valence-corrected chi connectivity index (χ1v) is 5.66. The average Bonchev–Trinajstić information content (AvgIpc) is 2.33. The number of aldehydes is 1. The van der Waals surface area contributed by atoms with Gasteiger partial charge in [0.25, 0.3) is 0 Å². The number of carbonyl (C=O) groups excluding carboxylic acids is 1. The van der Waals surface area contributed by atoms with Gasteiger partial charge in [0, 0.05) is 5.56 Å². The van der Waals surface area contributed by atoms with Crippen molar-refractivity contribution in [3.63, 3.8) is 0 Å². The molecule has 0 unspecified atom stereocenters. The van der Waals surface area contributed by atoms with Crippen LogP contribution in [0.3, 0.4) is 0 Å². The number of ether oxygens (including phenoxy) is 1. The number of aryl methyl sites for hydroxylation is 1. The Bertz CT molecular complexity index is 596. The van der Waals surface area contributed by atoms with Gasteiger partial charge >= 0.3 is 0 Å². The standard InChI is InChI=1S/C14H10ClFO2/c1-9-6-12(4-2-10(9)8-17)18-14-5-3-11(16)7-13(14)15/h2-8H,1H3. The summed E-state index contributed by atoms with van der Waals surface area (Å²) in [6.45, 7) is 1.81. The second-order valence-electron chi connectivity index (χ2n) is 3.81. The molecule has 0 amide bonds. The van der Waals surface area contributed by atoms with Crippen LogP contribution in [0.2, 0.25) is 5.02 Å². The van der Waals surface area contributed by atoms with Crippen molar-refractivity contribution in [2.24, 2.45) is 0 Å². The molecule has 4 heteroatoms. The lowest BCUT2D eigenvalue weighted by molar-refractivity contribution is 0.112. The highest BCUT2D eigenvalue weighted by Crippen LogP contribution is 2.30. The Hall–Kier alpha value is -1.87. The molecule has 0 spiro atoms. The topological polar surface area (TPSA) is 26.3 Å². The number of hydrogen-bond acceptors (Lipinski definition) is 2. The Morgan fingerprint density at radius 2 is 2.00 bits per heavy atom. The van der Waals surface area contributed by atoms with Crippen LogP contribution in [0.15, 0.2) is 36.4 Å². The van der Waals surface area contributed by atoms with Crippen LogP contribution < -0.4 is 4.74 Å². The highest BCUT2D eigenvalue weighted by atomic mass is 35.5. The molecule has 0 aliphatic carbocycles. The predicted molar refractivity (Wildman–Crippen MR) is 68.1 cm³/mol. The summed E-state index contributed by atoms with van der Waals surface area (Å²) in [6.07, 6.45) is 0.782. The SMILES string of the molecule is Cc1cc(Oc2ccc(F)cc2Cl)ccc1C=O. The molecule has 0 bridgehead atoms. The fourth-order valence-electron chi connectivity index (χ4n) is 1.53. The van der Waals surface area contributed by atoms with E-state index in [4.69, 9.17) is 16.3 Å². The van der Waals surface area contributed by atoms with Crippen molar-refractivity contribution in [3.05, 3.63) is 58.4 Å². The van der Waals surface area contributed by atoms with Gasteiger partial charge in [0.15, 0.2) is 0 Å². The zero-order valence-electron chi connectivity index (χ0n) is 9.61. The van der Waals surface area contributed by atoms with E-state index in [0.29, 0.717) is 17.1 Å². The molecule has 0 radical (unpaired) electrons. The Morgan fingerprint density at radius 3 is 2.61 bits per heavy atom. The van der Waals surface area contributed by atoms with Crippen molar-refractivity contribution >= 4 is 17.9 Å². The van der Waals surface area contributed by atoms with Crippen molar-refractivity contribution in [2.75, 3.05) is 0 Å². The fraction of sp³-hybridized carbons (Fsp3) is 0.0714. The molecule has 2 rings (SSSR count). The van der Waals surface area contributed by atoms with Crippen molar-refractivity contribution in [3.8, 4) is 11.5 Å². The van der Waals surface area contributed by atoms with E-state index in [1.54, 1.807) is 18.2 Å². The number of rotatable bonds is 3. The van der Waals surface area contributed by atoms with Gasteiger partial charge in [-0.3, -0.25) is 4.79 Å². The zero-order chi connectivity index (χ0) is 13.1. The van der Waals surface area contributed by atoms with Gasteiger partial charge in [0.1, 0.15) is 23.6 Å². The predicted octanol–water partition coefficient (Wildman–Crippen LogP) is 4.39. The summed E-state index contributed by atoms with van der Waals surface area (Å²) in [7, 11) is 0. The minimum absolute atomic E-state index is 0.201. The van der Waals surface area contributed by atoms with E-state index in [-0.39, 0.29) is 5.02 Å². The molecule has 92 valence electrons. The number of halogens is 2. The van der Waals surface area contributed by atoms with Gasteiger partial charge in [0.2, 0.25) is 0 Å². The summed E-state index contributed by atoms with van der Waals surface area (Å²) in [4.78, 5) is 10.7. The van der Waals surface area contributed by atoms with Gasteiger partial charge in [-0.15, -0.1) is 0 Å². The number of carbonyl (C=O) groups is 1. The van der Waals surface area contributed by atoms with Crippen LogP contribution in [0.1, 0.15) is 15.9 Å². The summed E-state index contributed by atoms with van der Waals surface area (Å²) in [5.41, 5.74) is 1.41. The van der Waals surface area contributed by atoms with E-state index >= 15 is 0 Å². The van der Waals surface area contributed by atoms with Gasteiger partial charge in [-0.1, -0.05) is 11.6 Å². The minimum atomic E-state index is -0.417. The summed E-state index contributed by atoms with van der Waals surface area (Å²) < 4.78 is 18.4. The first-order chi connectivity index (χ1) is 8.60. The Kier molecular flexibility index (Phi) is 3.63. The third-order valence-electron chi connectivity index (χ3n) is 2.49. The molecule has 0 fully saturated rings. The Labute approximate surface area is 109 Å². The quantitative estimate of drug-likeness (QED) is 0.769. The summed E-state index contributed by atoms with van der Waals surface area (Å²) in [5.74, 6) is 0.503. The van der Waals surface area contributed by atoms with E-state index < -0.39 is 5.82 Å². The maximum atomic E-state index is 12.9. The van der Waals surface area contributed by atoms with Gasteiger partial charge in [0.05, 0.1) is 5.02 Å². The monoisotopic (exact) mass is 264 g/mol. The van der Waals surface area contributed by atoms with Crippen LogP contribution >= 0.6 is 11.6 Å². The van der Waals surface area contributed by atoms with Gasteiger partial charge in [-0.05, 0) is 48.9 Å². The highest BCUT2D eigenvalue weighted by Gasteiger charge is 2.06. The lowest BCUT2D eigenvalue weighted by Crippen LogP contribution is -1.90. The molecular formula is C14H10ClFO2. The van der Waals surface area contributed by atoms with Crippen LogP contribution in [0.5, 0.6) is 11.5 Å². The van der Waals surface area contributed by atoms with Crippen LogP contribution in [0.4, 0.5) is 4.39 Å². The third-order valence-corrected chi connectivity index (χ3v) is 2.79. The molecule has 0 heterocycles. The molecule has 2 aromatic rings. The zero-order valence-corrected chi connectivity index (χ0v) is 10.4. The first-order valence-electron chi connectivity index (χ1n) is 5.29. The lowest BCUT2D eigenvalue weighted by atomic mass is 10.1. The molecule has 18 heavy (non-hydrogen) atoms. The maximum absolute atomic E-state index is 12.9. The molecule has 0 atom stereocenters. The molecule has 0 aliphatic rings. The molecule has 0 N–H and O–H groups in total. The summed E-state index contributed by atoms with van der Waals surface area (Å²) >= 11 is 5.86. The van der Waals surface area contributed by atoms with E-state index in [9.17, 15) is 9.18 Å². The largest absolute Gasteiger partial charge is 0.456 e. The van der Waals surface area contributed by atoms with Gasteiger partial charge < -0.3 is 4.74 Å². The molecule has 0 aliphatic heterocycles. The molecule has 0 aromatic heterocycles. The first kappa shape index (κ1) is 12.6. The van der Waals surface area contributed by atoms with E-state index in [0.717, 1.165) is 11.8 Å². The highest BCUT2D eigenvalue weighted by molar-refractivity contribution is 6.32. The average molecular weight is 265 g/mol. The second kappa shape index (κ2) is 5.19. The molecule has 0 saturated heterocycles. The van der Waals surface area contributed by atoms with Crippen LogP contribution in [-0.4, -0.2) is 6.29 Å². The van der Waals surface area contributed by atoms with Crippen molar-refractivity contribution in [1.82, 2.24) is 0 Å². The van der Waals surface area contributed by atoms with E-state index in [1.807, 2.05) is 6.92 Å². The molecule has 0 saturated carbocycles. The second-order valence-corrected chi connectivity index (χ2v) is 4.22. The van der Waals surface area contributed by atoms with Crippen LogP contribution in [-0.2, 0) is 0 Å². The smallest absolute Gasteiger partial charge is 0.150 e. The Balaban J connectivity index is 2.28. The maximum Gasteiger partial charge on any atom is 0.150 e. The van der Waals surface area contributed by atoms with Gasteiger partial charge in [-0.2, -0.15) is 0 Å². The summed E-state index contributed by atoms with van der Waals surface area (Å²) in [6, 6.07) is 8.97. The van der Waals surface area contributed by atoms with Crippen molar-refractivity contribution < 1.29 is 13.9 Å². The van der Waals surface area contributed by atoms with E-state index in [2.05, 4.69) is 0 Å².